The van der Waals surface area contributed by atoms with Crippen LogP contribution in [0.25, 0.3) is 5.69 Å². The SMILES string of the molecule is CN1CCN(c2nc(CCC=O)cn(-c3ccc(S(=O)(=O)N(C)C)cc3)c2=O)CC1. The molecule has 1 fully saturated rings. The third-order valence-corrected chi connectivity index (χ3v) is 6.98. The standard InChI is InChI=1S/C20H27N5O4S/c1-22(2)30(28,29)18-8-6-17(7-9-18)25-15-16(5-4-14-26)21-19(20(25)27)24-12-10-23(3)11-13-24/h6-9,14-15H,4-5,10-13H2,1-3H3. The Balaban J connectivity index is 2.04. The third-order valence-electron chi connectivity index (χ3n) is 5.15. The van der Waals surface area contributed by atoms with Crippen molar-refractivity contribution in [3.8, 4) is 5.69 Å². The second kappa shape index (κ2) is 9.07. The van der Waals surface area contributed by atoms with Gasteiger partial charge in [-0.05, 0) is 37.7 Å². The second-order valence-corrected chi connectivity index (χ2v) is 9.66. The van der Waals surface area contributed by atoms with Crippen molar-refractivity contribution < 1.29 is 13.2 Å². The Morgan fingerprint density at radius 3 is 2.30 bits per heavy atom. The molecule has 10 heteroatoms. The number of sulfonamides is 1. The van der Waals surface area contributed by atoms with Gasteiger partial charge in [-0.3, -0.25) is 9.36 Å². The molecule has 1 saturated heterocycles. The summed E-state index contributed by atoms with van der Waals surface area (Å²) in [6.45, 7) is 3.04. The van der Waals surface area contributed by atoms with Crippen molar-refractivity contribution in [3.05, 3.63) is 46.5 Å². The molecule has 0 aliphatic carbocycles. The van der Waals surface area contributed by atoms with Gasteiger partial charge in [0.2, 0.25) is 10.0 Å². The predicted molar refractivity (Wildman–Crippen MR) is 115 cm³/mol. The van der Waals surface area contributed by atoms with E-state index in [1.807, 2.05) is 11.9 Å². The molecule has 0 radical (unpaired) electrons. The topological polar surface area (TPSA) is 95.8 Å². The zero-order valence-electron chi connectivity index (χ0n) is 17.5. The van der Waals surface area contributed by atoms with E-state index < -0.39 is 10.0 Å². The largest absolute Gasteiger partial charge is 0.349 e. The summed E-state index contributed by atoms with van der Waals surface area (Å²) in [5, 5.41) is 0. The lowest BCUT2D eigenvalue weighted by atomic mass is 10.2. The van der Waals surface area contributed by atoms with Crippen LogP contribution in [0.15, 0.2) is 40.2 Å². The average molecular weight is 434 g/mol. The van der Waals surface area contributed by atoms with E-state index in [4.69, 9.17) is 0 Å². The number of nitrogens with zero attached hydrogens (tertiary/aromatic N) is 5. The number of piperazine rings is 1. The molecule has 0 spiro atoms. The number of hydrogen-bond donors (Lipinski definition) is 0. The highest BCUT2D eigenvalue weighted by atomic mass is 32.2. The first-order chi connectivity index (χ1) is 14.2. The van der Waals surface area contributed by atoms with Gasteiger partial charge in [0.15, 0.2) is 5.82 Å². The minimum Gasteiger partial charge on any atom is -0.349 e. The van der Waals surface area contributed by atoms with Crippen molar-refractivity contribution in [2.24, 2.45) is 0 Å². The van der Waals surface area contributed by atoms with Gasteiger partial charge >= 0.3 is 0 Å². The average Bonchev–Trinajstić information content (AvgIpc) is 2.73. The molecule has 1 aromatic carbocycles. The van der Waals surface area contributed by atoms with E-state index in [1.165, 1.54) is 30.8 Å². The van der Waals surface area contributed by atoms with Crippen LogP contribution in [0.1, 0.15) is 12.1 Å². The lowest BCUT2D eigenvalue weighted by molar-refractivity contribution is -0.107. The van der Waals surface area contributed by atoms with Crippen LogP contribution in [0.3, 0.4) is 0 Å². The van der Waals surface area contributed by atoms with Gasteiger partial charge in [-0.25, -0.2) is 17.7 Å². The van der Waals surface area contributed by atoms with Gasteiger partial charge in [-0.2, -0.15) is 0 Å². The number of likely N-dealkylation sites (N-methyl/N-ethyl adjacent to an activating group) is 1. The minimum absolute atomic E-state index is 0.152. The van der Waals surface area contributed by atoms with Crippen molar-refractivity contribution >= 4 is 22.1 Å². The van der Waals surface area contributed by atoms with Crippen molar-refractivity contribution in [1.29, 1.82) is 0 Å². The molecule has 0 amide bonds. The number of aromatic nitrogens is 2. The van der Waals surface area contributed by atoms with Gasteiger partial charge < -0.3 is 14.6 Å². The molecule has 1 aromatic heterocycles. The van der Waals surface area contributed by atoms with E-state index >= 15 is 0 Å². The molecule has 3 rings (SSSR count). The Kier molecular flexibility index (Phi) is 6.69. The monoisotopic (exact) mass is 433 g/mol. The number of carbonyl (C=O) groups is 1. The maximum atomic E-state index is 13.2. The van der Waals surface area contributed by atoms with Crippen molar-refractivity contribution in [3.63, 3.8) is 0 Å². The van der Waals surface area contributed by atoms with Gasteiger partial charge in [0.05, 0.1) is 10.6 Å². The number of aldehydes is 1. The Morgan fingerprint density at radius 2 is 1.73 bits per heavy atom. The van der Waals surface area contributed by atoms with Crippen LogP contribution in [0, 0.1) is 0 Å². The molecule has 9 nitrogen and oxygen atoms in total. The molecule has 0 N–H and O–H groups in total. The molecule has 2 aromatic rings. The fourth-order valence-electron chi connectivity index (χ4n) is 3.26. The molecule has 0 unspecified atom stereocenters. The molecule has 0 saturated carbocycles. The smallest absolute Gasteiger partial charge is 0.298 e. The van der Waals surface area contributed by atoms with Crippen LogP contribution in [-0.2, 0) is 21.2 Å². The Bertz CT molecular complexity index is 1060. The van der Waals surface area contributed by atoms with Crippen molar-refractivity contribution in [1.82, 2.24) is 18.8 Å². The number of benzene rings is 1. The molecule has 0 bridgehead atoms. The first-order valence-electron chi connectivity index (χ1n) is 9.76. The Hall–Kier alpha value is -2.56. The third kappa shape index (κ3) is 4.61. The van der Waals surface area contributed by atoms with Crippen LogP contribution in [-0.4, -0.2) is 80.8 Å². The van der Waals surface area contributed by atoms with Gasteiger partial charge in [0.1, 0.15) is 6.29 Å². The molecule has 162 valence electrons. The lowest BCUT2D eigenvalue weighted by Gasteiger charge is -2.33. The molecular formula is C20H27N5O4S. The minimum atomic E-state index is -3.55. The first kappa shape index (κ1) is 22.1. The van der Waals surface area contributed by atoms with Crippen LogP contribution in [0.5, 0.6) is 0 Å². The van der Waals surface area contributed by atoms with E-state index in [0.29, 0.717) is 43.1 Å². The van der Waals surface area contributed by atoms with Gasteiger partial charge in [-0.1, -0.05) is 0 Å². The highest BCUT2D eigenvalue weighted by Gasteiger charge is 2.21. The lowest BCUT2D eigenvalue weighted by Crippen LogP contribution is -2.47. The van der Waals surface area contributed by atoms with E-state index in [9.17, 15) is 18.0 Å². The maximum absolute atomic E-state index is 13.2. The van der Waals surface area contributed by atoms with Crippen molar-refractivity contribution in [2.45, 2.75) is 17.7 Å². The molecule has 2 heterocycles. The summed E-state index contributed by atoms with van der Waals surface area (Å²) in [6.07, 6.45) is 3.19. The number of rotatable bonds is 7. The van der Waals surface area contributed by atoms with Crippen LogP contribution in [0.4, 0.5) is 5.82 Å². The second-order valence-electron chi connectivity index (χ2n) is 7.51. The number of carbonyl (C=O) groups excluding carboxylic acids is 1. The van der Waals surface area contributed by atoms with Gasteiger partial charge in [-0.15, -0.1) is 0 Å². The molecule has 1 aliphatic heterocycles. The van der Waals surface area contributed by atoms with Gasteiger partial charge in [0.25, 0.3) is 5.56 Å². The summed E-state index contributed by atoms with van der Waals surface area (Å²) in [7, 11) is 1.42. The summed E-state index contributed by atoms with van der Waals surface area (Å²) >= 11 is 0. The normalized spacial score (nSPS) is 15.5. The molecule has 0 atom stereocenters. The van der Waals surface area contributed by atoms with Crippen LogP contribution < -0.4 is 10.5 Å². The summed E-state index contributed by atoms with van der Waals surface area (Å²) in [4.78, 5) is 32.9. The molecule has 30 heavy (non-hydrogen) atoms. The summed E-state index contributed by atoms with van der Waals surface area (Å²) in [5.41, 5.74) is 0.918. The van der Waals surface area contributed by atoms with E-state index in [1.54, 1.807) is 18.3 Å². The highest BCUT2D eigenvalue weighted by molar-refractivity contribution is 7.89. The van der Waals surface area contributed by atoms with E-state index in [0.717, 1.165) is 23.7 Å². The highest BCUT2D eigenvalue weighted by Crippen LogP contribution is 2.17. The van der Waals surface area contributed by atoms with E-state index in [2.05, 4.69) is 9.88 Å². The van der Waals surface area contributed by atoms with Crippen LogP contribution in [0.2, 0.25) is 0 Å². The Morgan fingerprint density at radius 1 is 1.10 bits per heavy atom. The first-order valence-corrected chi connectivity index (χ1v) is 11.2. The quantitative estimate of drug-likeness (QED) is 0.582. The van der Waals surface area contributed by atoms with Crippen molar-refractivity contribution in [2.75, 3.05) is 52.2 Å². The number of aryl methyl sites for hydroxylation is 1. The van der Waals surface area contributed by atoms with Gasteiger partial charge in [0, 0.05) is 58.6 Å². The summed E-state index contributed by atoms with van der Waals surface area (Å²) in [6, 6.07) is 6.18. The zero-order chi connectivity index (χ0) is 21.9. The fraction of sp³-hybridized carbons (Fsp3) is 0.450. The molecular weight excluding hydrogens is 406 g/mol. The summed E-state index contributed by atoms with van der Waals surface area (Å²) < 4.78 is 27.2. The zero-order valence-corrected chi connectivity index (χ0v) is 18.3. The maximum Gasteiger partial charge on any atom is 0.298 e. The predicted octanol–water partition coefficient (Wildman–Crippen LogP) is 0.366. The number of anilines is 1. The Labute approximate surface area is 176 Å². The summed E-state index contributed by atoms with van der Waals surface area (Å²) in [5.74, 6) is 0.358. The fourth-order valence-corrected chi connectivity index (χ4v) is 4.16. The van der Waals surface area contributed by atoms with E-state index in [-0.39, 0.29) is 10.5 Å². The number of hydrogen-bond acceptors (Lipinski definition) is 7. The molecule has 1 aliphatic rings. The van der Waals surface area contributed by atoms with Crippen LogP contribution >= 0.6 is 0 Å².